The Kier molecular flexibility index (Phi) is 4.81. The van der Waals surface area contributed by atoms with Crippen molar-refractivity contribution in [1.29, 1.82) is 0 Å². The number of nitrogens with one attached hydrogen (secondary N) is 1. The van der Waals surface area contributed by atoms with Crippen molar-refractivity contribution in [1.82, 2.24) is 15.2 Å². The van der Waals surface area contributed by atoms with E-state index in [2.05, 4.69) is 10.3 Å². The summed E-state index contributed by atoms with van der Waals surface area (Å²) in [5, 5.41) is 4.82. The van der Waals surface area contributed by atoms with Gasteiger partial charge in [0.05, 0.1) is 12.3 Å². The lowest BCUT2D eigenvalue weighted by Crippen LogP contribution is -2.39. The molecule has 104 valence electrons. The van der Waals surface area contributed by atoms with E-state index in [1.165, 1.54) is 28.0 Å². The summed E-state index contributed by atoms with van der Waals surface area (Å²) in [7, 11) is 1.66. The van der Waals surface area contributed by atoms with Gasteiger partial charge in [-0.2, -0.15) is 0 Å². The molecule has 7 heteroatoms. The maximum absolute atomic E-state index is 11.9. The lowest BCUT2D eigenvalue weighted by Gasteiger charge is -2.16. The summed E-state index contributed by atoms with van der Waals surface area (Å²) in [6.07, 6.45) is 2.12. The molecule has 0 spiro atoms. The molecule has 2 amide bonds. The highest BCUT2D eigenvalue weighted by atomic mass is 32.2. The van der Waals surface area contributed by atoms with Crippen LogP contribution in [0.1, 0.15) is 18.5 Å². The first kappa shape index (κ1) is 14.3. The van der Waals surface area contributed by atoms with Crippen LogP contribution in [0.4, 0.5) is 0 Å². The van der Waals surface area contributed by atoms with E-state index in [0.29, 0.717) is 11.8 Å². The zero-order valence-corrected chi connectivity index (χ0v) is 12.6. The van der Waals surface area contributed by atoms with E-state index in [1.54, 1.807) is 7.05 Å². The lowest BCUT2D eigenvalue weighted by atomic mass is 10.5. The molecule has 0 radical (unpaired) electrons. The molecule has 1 aliphatic rings. The van der Waals surface area contributed by atoms with Crippen molar-refractivity contribution in [2.45, 2.75) is 30.1 Å². The summed E-state index contributed by atoms with van der Waals surface area (Å²) in [5.41, 5.74) is 0.970. The largest absolute Gasteiger partial charge is 0.352 e. The zero-order valence-electron chi connectivity index (χ0n) is 11.0. The van der Waals surface area contributed by atoms with Gasteiger partial charge in [-0.25, -0.2) is 4.98 Å². The average molecular weight is 299 g/mol. The highest BCUT2D eigenvalue weighted by Crippen LogP contribution is 2.22. The van der Waals surface area contributed by atoms with Gasteiger partial charge in [0.1, 0.15) is 0 Å². The number of nitrogens with zero attached hydrogens (tertiary/aromatic N) is 2. The first-order valence-corrected chi connectivity index (χ1v) is 7.99. The third-order valence-corrected chi connectivity index (χ3v) is 4.79. The van der Waals surface area contributed by atoms with Crippen molar-refractivity contribution < 1.29 is 9.59 Å². The molecule has 1 aliphatic carbocycles. The summed E-state index contributed by atoms with van der Waals surface area (Å²) < 4.78 is 0.890. The molecule has 0 aromatic carbocycles. The summed E-state index contributed by atoms with van der Waals surface area (Å²) in [6, 6.07) is 0.337. The fourth-order valence-electron chi connectivity index (χ4n) is 1.44. The molecule has 0 saturated heterocycles. The van der Waals surface area contributed by atoms with E-state index in [9.17, 15) is 9.59 Å². The second-order valence-electron chi connectivity index (χ2n) is 4.64. The van der Waals surface area contributed by atoms with Gasteiger partial charge in [0.25, 0.3) is 0 Å². The predicted molar refractivity (Wildman–Crippen MR) is 76.4 cm³/mol. The molecule has 0 aliphatic heterocycles. The van der Waals surface area contributed by atoms with Crippen LogP contribution in [0.3, 0.4) is 0 Å². The summed E-state index contributed by atoms with van der Waals surface area (Å²) in [4.78, 5) is 29.2. The topological polar surface area (TPSA) is 62.3 Å². The van der Waals surface area contributed by atoms with E-state index in [0.717, 1.165) is 22.9 Å². The van der Waals surface area contributed by atoms with Crippen LogP contribution >= 0.6 is 23.1 Å². The highest BCUT2D eigenvalue weighted by Gasteiger charge is 2.24. The molecule has 0 bridgehead atoms. The van der Waals surface area contributed by atoms with Gasteiger partial charge in [-0.3, -0.25) is 9.59 Å². The standard InChI is InChI=1S/C12H17N3O2S2/c1-8-6-18-12(13-8)19-7-11(17)15(2)5-10(16)14-9-3-4-9/h6,9H,3-5,7H2,1-2H3,(H,14,16). The Morgan fingerprint density at radius 1 is 1.58 bits per heavy atom. The van der Waals surface area contributed by atoms with Gasteiger partial charge in [-0.15, -0.1) is 11.3 Å². The molecule has 1 N–H and O–H groups in total. The smallest absolute Gasteiger partial charge is 0.239 e. The minimum Gasteiger partial charge on any atom is -0.352 e. The Morgan fingerprint density at radius 2 is 2.32 bits per heavy atom. The first-order chi connectivity index (χ1) is 9.04. The normalized spacial score (nSPS) is 14.2. The lowest BCUT2D eigenvalue weighted by molar-refractivity contribution is -0.132. The maximum atomic E-state index is 11.9. The van der Waals surface area contributed by atoms with Crippen molar-refractivity contribution >= 4 is 34.9 Å². The number of hydrogen-bond donors (Lipinski definition) is 1. The van der Waals surface area contributed by atoms with Gasteiger partial charge in [0, 0.05) is 24.2 Å². The second kappa shape index (κ2) is 6.38. The third-order valence-electron chi connectivity index (χ3n) is 2.67. The molecular formula is C12H17N3O2S2. The van der Waals surface area contributed by atoms with Crippen LogP contribution in [0.2, 0.25) is 0 Å². The number of aryl methyl sites for hydroxylation is 1. The Bertz CT molecular complexity index is 471. The number of thiazole rings is 1. The zero-order chi connectivity index (χ0) is 13.8. The Morgan fingerprint density at radius 3 is 2.89 bits per heavy atom. The summed E-state index contributed by atoms with van der Waals surface area (Å²) in [5.74, 6) is 0.192. The minimum atomic E-state index is -0.0755. The molecule has 1 saturated carbocycles. The number of rotatable bonds is 6. The quantitative estimate of drug-likeness (QED) is 0.804. The SMILES string of the molecule is Cc1csc(SCC(=O)N(C)CC(=O)NC2CC2)n1. The molecule has 1 heterocycles. The number of likely N-dealkylation sites (N-methyl/N-ethyl adjacent to an activating group) is 1. The van der Waals surface area contributed by atoms with Crippen LogP contribution in [-0.4, -0.2) is 47.1 Å². The van der Waals surface area contributed by atoms with Crippen LogP contribution in [0.5, 0.6) is 0 Å². The molecule has 0 atom stereocenters. The Balaban J connectivity index is 1.70. The van der Waals surface area contributed by atoms with Gasteiger partial charge in [-0.1, -0.05) is 11.8 Å². The van der Waals surface area contributed by atoms with Crippen LogP contribution in [0.15, 0.2) is 9.72 Å². The van der Waals surface area contributed by atoms with Crippen molar-refractivity contribution in [2.75, 3.05) is 19.3 Å². The van der Waals surface area contributed by atoms with E-state index in [-0.39, 0.29) is 18.4 Å². The third kappa shape index (κ3) is 4.83. The maximum Gasteiger partial charge on any atom is 0.239 e. The molecular weight excluding hydrogens is 282 g/mol. The molecule has 1 fully saturated rings. The second-order valence-corrected chi connectivity index (χ2v) is 6.72. The molecule has 0 unspecified atom stereocenters. The number of aromatic nitrogens is 1. The summed E-state index contributed by atoms with van der Waals surface area (Å²) in [6.45, 7) is 2.06. The first-order valence-electron chi connectivity index (χ1n) is 6.13. The van der Waals surface area contributed by atoms with Crippen molar-refractivity contribution in [3.63, 3.8) is 0 Å². The number of carbonyl (C=O) groups excluding carboxylic acids is 2. The van der Waals surface area contributed by atoms with E-state index < -0.39 is 0 Å². The fourth-order valence-corrected chi connectivity index (χ4v) is 3.23. The molecule has 1 aromatic heterocycles. The van der Waals surface area contributed by atoms with Crippen molar-refractivity contribution in [3.05, 3.63) is 11.1 Å². The number of thioether (sulfide) groups is 1. The Labute approximate surface area is 120 Å². The fraction of sp³-hybridized carbons (Fsp3) is 0.583. The van der Waals surface area contributed by atoms with Gasteiger partial charge in [0.15, 0.2) is 4.34 Å². The number of carbonyl (C=O) groups is 2. The molecule has 2 rings (SSSR count). The van der Waals surface area contributed by atoms with E-state index in [1.807, 2.05) is 12.3 Å². The van der Waals surface area contributed by atoms with Crippen LogP contribution < -0.4 is 5.32 Å². The van der Waals surface area contributed by atoms with E-state index in [4.69, 9.17) is 0 Å². The summed E-state index contributed by atoms with van der Waals surface area (Å²) >= 11 is 2.95. The number of hydrogen-bond acceptors (Lipinski definition) is 5. The molecule has 1 aromatic rings. The van der Waals surface area contributed by atoms with Gasteiger partial charge in [0.2, 0.25) is 11.8 Å². The van der Waals surface area contributed by atoms with Crippen LogP contribution in [0.25, 0.3) is 0 Å². The van der Waals surface area contributed by atoms with E-state index >= 15 is 0 Å². The monoisotopic (exact) mass is 299 g/mol. The van der Waals surface area contributed by atoms with Crippen LogP contribution in [0, 0.1) is 6.92 Å². The van der Waals surface area contributed by atoms with Crippen molar-refractivity contribution in [2.24, 2.45) is 0 Å². The predicted octanol–water partition coefficient (Wildman–Crippen LogP) is 1.28. The molecule has 5 nitrogen and oxygen atoms in total. The van der Waals surface area contributed by atoms with Gasteiger partial charge < -0.3 is 10.2 Å². The Hall–Kier alpha value is -1.08. The van der Waals surface area contributed by atoms with Crippen LogP contribution in [-0.2, 0) is 9.59 Å². The van der Waals surface area contributed by atoms with Crippen molar-refractivity contribution in [3.8, 4) is 0 Å². The number of amides is 2. The highest BCUT2D eigenvalue weighted by molar-refractivity contribution is 8.01. The minimum absolute atomic E-state index is 0.0520. The molecule has 19 heavy (non-hydrogen) atoms. The van der Waals surface area contributed by atoms with Gasteiger partial charge in [-0.05, 0) is 19.8 Å². The van der Waals surface area contributed by atoms with Gasteiger partial charge >= 0.3 is 0 Å². The average Bonchev–Trinajstić information content (AvgIpc) is 3.06.